The highest BCUT2D eigenvalue weighted by atomic mass is 35.5. The van der Waals surface area contributed by atoms with Crippen molar-refractivity contribution < 1.29 is 9.00 Å². The predicted molar refractivity (Wildman–Crippen MR) is 69.2 cm³/mol. The maximum atomic E-state index is 11.1. The molecule has 0 radical (unpaired) electrons. The number of halogens is 1. The summed E-state index contributed by atoms with van der Waals surface area (Å²) in [6, 6.07) is -0.0649. The standard InChI is InChI=1S/C10H14ClN3O2S/c1-6(5-17(3)16)12-10-8(4-15)9(11)13-7(2)14-10/h4,6H,5H2,1-3H3,(H,12,13,14). The number of anilines is 1. The monoisotopic (exact) mass is 275 g/mol. The molecule has 0 aliphatic carbocycles. The van der Waals surface area contributed by atoms with Crippen molar-refractivity contribution in [1.29, 1.82) is 0 Å². The van der Waals surface area contributed by atoms with E-state index in [1.54, 1.807) is 13.2 Å². The topological polar surface area (TPSA) is 72.0 Å². The van der Waals surface area contributed by atoms with Gasteiger partial charge in [-0.3, -0.25) is 9.00 Å². The van der Waals surface area contributed by atoms with Crippen molar-refractivity contribution >= 4 is 34.5 Å². The van der Waals surface area contributed by atoms with Gasteiger partial charge in [0.2, 0.25) is 0 Å². The number of hydrogen-bond acceptors (Lipinski definition) is 5. The van der Waals surface area contributed by atoms with Crippen LogP contribution in [-0.2, 0) is 10.8 Å². The van der Waals surface area contributed by atoms with Gasteiger partial charge in [0.05, 0.1) is 5.56 Å². The maximum absolute atomic E-state index is 11.1. The van der Waals surface area contributed by atoms with Gasteiger partial charge in [-0.25, -0.2) is 9.97 Å². The molecule has 1 rings (SSSR count). The Hall–Kier alpha value is -1.01. The van der Waals surface area contributed by atoms with Gasteiger partial charge in [0, 0.05) is 28.9 Å². The van der Waals surface area contributed by atoms with Crippen molar-refractivity contribution in [3.8, 4) is 0 Å². The largest absolute Gasteiger partial charge is 0.366 e. The minimum atomic E-state index is -0.916. The fourth-order valence-corrected chi connectivity index (χ4v) is 2.43. The second kappa shape index (κ2) is 6.07. The number of carbonyl (C=O) groups is 1. The van der Waals surface area contributed by atoms with Crippen molar-refractivity contribution in [3.05, 3.63) is 16.5 Å². The van der Waals surface area contributed by atoms with Gasteiger partial charge in [-0.05, 0) is 13.8 Å². The molecule has 94 valence electrons. The summed E-state index contributed by atoms with van der Waals surface area (Å²) in [5.74, 6) is 1.34. The Morgan fingerprint density at radius 3 is 2.71 bits per heavy atom. The summed E-state index contributed by atoms with van der Waals surface area (Å²) in [7, 11) is -0.916. The number of rotatable bonds is 5. The molecule has 17 heavy (non-hydrogen) atoms. The van der Waals surface area contributed by atoms with Crippen LogP contribution in [0.3, 0.4) is 0 Å². The zero-order chi connectivity index (χ0) is 13.0. The molecular formula is C10H14ClN3O2S. The molecule has 7 heteroatoms. The first-order valence-electron chi connectivity index (χ1n) is 5.00. The lowest BCUT2D eigenvalue weighted by Crippen LogP contribution is -2.24. The second-order valence-electron chi connectivity index (χ2n) is 3.73. The average molecular weight is 276 g/mol. The maximum Gasteiger partial charge on any atom is 0.156 e. The number of hydrogen-bond donors (Lipinski definition) is 1. The summed E-state index contributed by atoms with van der Waals surface area (Å²) in [5.41, 5.74) is 0.228. The smallest absolute Gasteiger partial charge is 0.156 e. The Morgan fingerprint density at radius 1 is 1.53 bits per heavy atom. The minimum absolute atomic E-state index is 0.0649. The summed E-state index contributed by atoms with van der Waals surface area (Å²) in [6.45, 7) is 3.55. The molecule has 0 aliphatic rings. The average Bonchev–Trinajstić information content (AvgIpc) is 2.15. The number of nitrogens with one attached hydrogen (secondary N) is 1. The van der Waals surface area contributed by atoms with Crippen LogP contribution in [0.1, 0.15) is 23.1 Å². The minimum Gasteiger partial charge on any atom is -0.366 e. The van der Waals surface area contributed by atoms with Crippen molar-refractivity contribution in [2.24, 2.45) is 0 Å². The molecular weight excluding hydrogens is 262 g/mol. The van der Waals surface area contributed by atoms with Crippen LogP contribution in [0.4, 0.5) is 5.82 Å². The van der Waals surface area contributed by atoms with E-state index < -0.39 is 10.8 Å². The third-order valence-electron chi connectivity index (χ3n) is 2.00. The Balaban J connectivity index is 2.96. The van der Waals surface area contributed by atoms with Crippen molar-refractivity contribution in [3.63, 3.8) is 0 Å². The highest BCUT2D eigenvalue weighted by Crippen LogP contribution is 2.19. The summed E-state index contributed by atoms with van der Waals surface area (Å²) >= 11 is 5.84. The van der Waals surface area contributed by atoms with Crippen LogP contribution in [-0.4, -0.2) is 38.5 Å². The number of nitrogens with zero attached hydrogens (tertiary/aromatic N) is 2. The van der Waals surface area contributed by atoms with Crippen molar-refractivity contribution in [1.82, 2.24) is 9.97 Å². The van der Waals surface area contributed by atoms with Gasteiger partial charge >= 0.3 is 0 Å². The zero-order valence-corrected chi connectivity index (χ0v) is 11.4. The van der Waals surface area contributed by atoms with Crippen LogP contribution in [0, 0.1) is 6.92 Å². The zero-order valence-electron chi connectivity index (χ0n) is 9.86. The third kappa shape index (κ3) is 4.05. The molecule has 1 heterocycles. The molecule has 2 unspecified atom stereocenters. The van der Waals surface area contributed by atoms with Gasteiger partial charge in [0.25, 0.3) is 0 Å². The lowest BCUT2D eigenvalue weighted by Gasteiger charge is -2.15. The summed E-state index contributed by atoms with van der Waals surface area (Å²) < 4.78 is 11.1. The Bertz CT molecular complexity index is 453. The molecule has 0 saturated carbocycles. The molecule has 5 nitrogen and oxygen atoms in total. The molecule has 0 saturated heterocycles. The van der Waals surface area contributed by atoms with Crippen LogP contribution in [0.15, 0.2) is 0 Å². The van der Waals surface area contributed by atoms with Crippen LogP contribution < -0.4 is 5.32 Å². The first-order valence-corrected chi connectivity index (χ1v) is 7.10. The quantitative estimate of drug-likeness (QED) is 0.650. The van der Waals surface area contributed by atoms with Crippen molar-refractivity contribution in [2.45, 2.75) is 19.9 Å². The van der Waals surface area contributed by atoms with E-state index in [1.165, 1.54) is 0 Å². The van der Waals surface area contributed by atoms with E-state index in [4.69, 9.17) is 11.6 Å². The molecule has 0 aromatic carbocycles. The van der Waals surface area contributed by atoms with E-state index in [0.29, 0.717) is 23.7 Å². The van der Waals surface area contributed by atoms with E-state index in [9.17, 15) is 9.00 Å². The molecule has 0 aliphatic heterocycles. The summed E-state index contributed by atoms with van der Waals surface area (Å²) in [4.78, 5) is 18.9. The van der Waals surface area contributed by atoms with E-state index in [2.05, 4.69) is 15.3 Å². The van der Waals surface area contributed by atoms with Gasteiger partial charge in [0.1, 0.15) is 16.8 Å². The first-order chi connectivity index (χ1) is 7.93. The molecule has 0 spiro atoms. The number of aromatic nitrogens is 2. The van der Waals surface area contributed by atoms with Gasteiger partial charge < -0.3 is 5.32 Å². The van der Waals surface area contributed by atoms with E-state index in [-0.39, 0.29) is 16.8 Å². The molecule has 2 atom stereocenters. The Kier molecular flexibility index (Phi) is 5.02. The lowest BCUT2D eigenvalue weighted by molar-refractivity contribution is 0.112. The van der Waals surface area contributed by atoms with E-state index in [0.717, 1.165) is 0 Å². The third-order valence-corrected chi connectivity index (χ3v) is 3.25. The van der Waals surface area contributed by atoms with Gasteiger partial charge in [0.15, 0.2) is 6.29 Å². The SMILES string of the molecule is Cc1nc(Cl)c(C=O)c(NC(C)CS(C)=O)n1. The molecule has 1 aromatic rings. The van der Waals surface area contributed by atoms with E-state index in [1.807, 2.05) is 6.92 Å². The highest BCUT2D eigenvalue weighted by molar-refractivity contribution is 7.84. The summed E-state index contributed by atoms with van der Waals surface area (Å²) in [5, 5.41) is 3.14. The fourth-order valence-electron chi connectivity index (χ4n) is 1.39. The summed E-state index contributed by atoms with van der Waals surface area (Å²) in [6.07, 6.45) is 2.23. The fraction of sp³-hybridized carbons (Fsp3) is 0.500. The number of aryl methyl sites for hydroxylation is 1. The van der Waals surface area contributed by atoms with Crippen molar-refractivity contribution in [2.75, 3.05) is 17.3 Å². The molecule has 0 fully saturated rings. The predicted octanol–water partition coefficient (Wildman–Crippen LogP) is 1.43. The Morgan fingerprint density at radius 2 is 2.18 bits per heavy atom. The Labute approximate surface area is 107 Å². The van der Waals surface area contributed by atoms with Crippen LogP contribution in [0.25, 0.3) is 0 Å². The number of aldehydes is 1. The highest BCUT2D eigenvalue weighted by Gasteiger charge is 2.13. The molecule has 0 bridgehead atoms. The molecule has 1 N–H and O–H groups in total. The van der Waals surface area contributed by atoms with Crippen LogP contribution >= 0.6 is 11.6 Å². The van der Waals surface area contributed by atoms with Crippen LogP contribution in [0.5, 0.6) is 0 Å². The second-order valence-corrected chi connectivity index (χ2v) is 5.56. The molecule has 0 amide bonds. The first kappa shape index (κ1) is 14.1. The van der Waals surface area contributed by atoms with Gasteiger partial charge in [-0.1, -0.05) is 11.6 Å². The van der Waals surface area contributed by atoms with Gasteiger partial charge in [-0.2, -0.15) is 0 Å². The van der Waals surface area contributed by atoms with Gasteiger partial charge in [-0.15, -0.1) is 0 Å². The van der Waals surface area contributed by atoms with E-state index >= 15 is 0 Å². The normalized spacial score (nSPS) is 14.1. The molecule has 1 aromatic heterocycles. The lowest BCUT2D eigenvalue weighted by atomic mass is 10.3. The number of carbonyl (C=O) groups excluding carboxylic acids is 1. The van der Waals surface area contributed by atoms with Crippen LogP contribution in [0.2, 0.25) is 5.15 Å².